The van der Waals surface area contributed by atoms with E-state index in [1.807, 2.05) is 0 Å². The summed E-state index contributed by atoms with van der Waals surface area (Å²) in [6.45, 7) is 9.47. The molecule has 15 heavy (non-hydrogen) atoms. The van der Waals surface area contributed by atoms with Gasteiger partial charge in [-0.1, -0.05) is 27.2 Å². The average Bonchev–Trinajstić information content (AvgIpc) is 2.17. The summed E-state index contributed by atoms with van der Waals surface area (Å²) in [7, 11) is 0. The largest absolute Gasteiger partial charge is 0.462 e. The molecule has 0 rings (SSSR count). The minimum Gasteiger partial charge on any atom is -0.462 e. The van der Waals surface area contributed by atoms with Gasteiger partial charge in [0.05, 0.1) is 6.61 Å². The highest BCUT2D eigenvalue weighted by molar-refractivity contribution is 5.87. The van der Waals surface area contributed by atoms with Gasteiger partial charge in [0.1, 0.15) is 0 Å². The van der Waals surface area contributed by atoms with E-state index in [0.717, 1.165) is 19.4 Å². The molecule has 3 heteroatoms. The molecule has 0 heterocycles. The van der Waals surface area contributed by atoms with E-state index in [0.29, 0.717) is 18.1 Å². The Morgan fingerprint density at radius 1 is 1.47 bits per heavy atom. The van der Waals surface area contributed by atoms with E-state index in [9.17, 15) is 4.79 Å². The Morgan fingerprint density at radius 3 is 2.67 bits per heavy atom. The number of carbonyl (C=O) groups excluding carboxylic acids is 1. The normalized spacial score (nSPS) is 11.7. The van der Waals surface area contributed by atoms with Crippen LogP contribution in [0.3, 0.4) is 0 Å². The van der Waals surface area contributed by atoms with Crippen LogP contribution < -0.4 is 5.32 Å². The van der Waals surface area contributed by atoms with Gasteiger partial charge in [-0.25, -0.2) is 4.79 Å². The summed E-state index contributed by atoms with van der Waals surface area (Å²) in [5, 5.41) is 3.09. The molecule has 0 atom stereocenters. The van der Waals surface area contributed by atoms with E-state index in [2.05, 4.69) is 26.1 Å². The number of rotatable bonds is 7. The zero-order valence-corrected chi connectivity index (χ0v) is 10.3. The van der Waals surface area contributed by atoms with E-state index < -0.39 is 0 Å². The minimum absolute atomic E-state index is 0.222. The lowest BCUT2D eigenvalue weighted by atomic mass is 10.2. The molecule has 0 radical (unpaired) electrons. The summed E-state index contributed by atoms with van der Waals surface area (Å²) in [5.41, 5.74) is 0.631. The van der Waals surface area contributed by atoms with Crippen molar-refractivity contribution in [3.8, 4) is 0 Å². The Kier molecular flexibility index (Phi) is 7.78. The Balaban J connectivity index is 3.76. The second kappa shape index (κ2) is 8.33. The van der Waals surface area contributed by atoms with Gasteiger partial charge in [-0.2, -0.15) is 0 Å². The lowest BCUT2D eigenvalue weighted by Crippen LogP contribution is -2.16. The Bertz CT molecular complexity index is 210. The third-order valence-electron chi connectivity index (χ3n) is 1.90. The van der Waals surface area contributed by atoms with Crippen LogP contribution in [0.1, 0.15) is 40.5 Å². The van der Waals surface area contributed by atoms with E-state index in [-0.39, 0.29) is 5.97 Å². The molecule has 0 aromatic carbocycles. The van der Waals surface area contributed by atoms with Crippen molar-refractivity contribution in [3.05, 3.63) is 11.8 Å². The van der Waals surface area contributed by atoms with Crippen LogP contribution in [0.25, 0.3) is 0 Å². The zero-order valence-electron chi connectivity index (χ0n) is 10.3. The molecule has 0 aliphatic heterocycles. The van der Waals surface area contributed by atoms with Crippen molar-refractivity contribution in [2.24, 2.45) is 5.92 Å². The molecule has 3 nitrogen and oxygen atoms in total. The van der Waals surface area contributed by atoms with Crippen molar-refractivity contribution in [3.63, 3.8) is 0 Å². The molecule has 0 saturated carbocycles. The molecule has 88 valence electrons. The summed E-state index contributed by atoms with van der Waals surface area (Å²) >= 11 is 0. The third kappa shape index (κ3) is 8.03. The van der Waals surface area contributed by atoms with Crippen molar-refractivity contribution in [1.29, 1.82) is 0 Å². The molecule has 0 aromatic heterocycles. The Hall–Kier alpha value is -0.990. The molecule has 0 saturated heterocycles. The highest BCUT2D eigenvalue weighted by atomic mass is 16.5. The molecule has 0 unspecified atom stereocenters. The molecule has 1 N–H and O–H groups in total. The van der Waals surface area contributed by atoms with Crippen LogP contribution in [0.4, 0.5) is 0 Å². The van der Waals surface area contributed by atoms with Gasteiger partial charge in [0.25, 0.3) is 0 Å². The highest BCUT2D eigenvalue weighted by Gasteiger charge is 2.04. The first kappa shape index (κ1) is 14.0. The minimum atomic E-state index is -0.222. The quantitative estimate of drug-likeness (QED) is 0.401. The molecule has 0 aliphatic rings. The second-order valence-corrected chi connectivity index (χ2v) is 4.12. The second-order valence-electron chi connectivity index (χ2n) is 4.12. The SMILES string of the molecule is CCCCOC(=O)/C(C)=C/NCC(C)C. The fourth-order valence-corrected chi connectivity index (χ4v) is 0.930. The van der Waals surface area contributed by atoms with E-state index >= 15 is 0 Å². The van der Waals surface area contributed by atoms with Gasteiger partial charge in [0, 0.05) is 18.3 Å². The standard InChI is InChI=1S/C12H23NO2/c1-5-6-7-15-12(14)11(4)9-13-8-10(2)3/h9-10,13H,5-8H2,1-4H3/b11-9+. The van der Waals surface area contributed by atoms with Crippen molar-refractivity contribution < 1.29 is 9.53 Å². The van der Waals surface area contributed by atoms with Crippen molar-refractivity contribution in [1.82, 2.24) is 5.32 Å². The summed E-state index contributed by atoms with van der Waals surface area (Å²) in [6, 6.07) is 0. The number of hydrogen-bond acceptors (Lipinski definition) is 3. The van der Waals surface area contributed by atoms with Crippen LogP contribution in [0.2, 0.25) is 0 Å². The first-order chi connectivity index (χ1) is 7.07. The Labute approximate surface area is 92.9 Å². The predicted molar refractivity (Wildman–Crippen MR) is 62.5 cm³/mol. The van der Waals surface area contributed by atoms with Crippen LogP contribution in [0, 0.1) is 5.92 Å². The number of nitrogens with one attached hydrogen (secondary N) is 1. The molecule has 0 amide bonds. The lowest BCUT2D eigenvalue weighted by molar-refractivity contribution is -0.139. The van der Waals surface area contributed by atoms with Crippen LogP contribution in [0.5, 0.6) is 0 Å². The van der Waals surface area contributed by atoms with Gasteiger partial charge in [-0.3, -0.25) is 0 Å². The van der Waals surface area contributed by atoms with Crippen molar-refractivity contribution >= 4 is 5.97 Å². The lowest BCUT2D eigenvalue weighted by Gasteiger charge is -2.06. The summed E-state index contributed by atoms with van der Waals surface area (Å²) in [4.78, 5) is 11.4. The molecule has 0 aromatic rings. The fraction of sp³-hybridized carbons (Fsp3) is 0.750. The van der Waals surface area contributed by atoms with Gasteiger partial charge < -0.3 is 10.1 Å². The average molecular weight is 213 g/mol. The molecule has 0 spiro atoms. The molecule has 0 bridgehead atoms. The number of carbonyl (C=O) groups is 1. The maximum absolute atomic E-state index is 11.4. The van der Waals surface area contributed by atoms with Crippen LogP contribution >= 0.6 is 0 Å². The smallest absolute Gasteiger partial charge is 0.335 e. The molecule has 0 fully saturated rings. The summed E-state index contributed by atoms with van der Waals surface area (Å²) < 4.78 is 5.05. The summed E-state index contributed by atoms with van der Waals surface area (Å²) in [5.74, 6) is 0.352. The first-order valence-electron chi connectivity index (χ1n) is 5.65. The van der Waals surface area contributed by atoms with Gasteiger partial charge >= 0.3 is 5.97 Å². The van der Waals surface area contributed by atoms with Crippen molar-refractivity contribution in [2.75, 3.05) is 13.2 Å². The van der Waals surface area contributed by atoms with E-state index in [4.69, 9.17) is 4.74 Å². The van der Waals surface area contributed by atoms with Gasteiger partial charge in [0.15, 0.2) is 0 Å². The van der Waals surface area contributed by atoms with Crippen LogP contribution in [-0.2, 0) is 9.53 Å². The topological polar surface area (TPSA) is 38.3 Å². The molecule has 0 aliphatic carbocycles. The fourth-order valence-electron chi connectivity index (χ4n) is 0.930. The monoisotopic (exact) mass is 213 g/mol. The summed E-state index contributed by atoms with van der Waals surface area (Å²) in [6.07, 6.45) is 3.70. The number of hydrogen-bond donors (Lipinski definition) is 1. The third-order valence-corrected chi connectivity index (χ3v) is 1.90. The van der Waals surface area contributed by atoms with Gasteiger partial charge in [0.2, 0.25) is 0 Å². The maximum Gasteiger partial charge on any atom is 0.335 e. The number of ether oxygens (including phenoxy) is 1. The van der Waals surface area contributed by atoms with E-state index in [1.165, 1.54) is 0 Å². The van der Waals surface area contributed by atoms with Crippen molar-refractivity contribution in [2.45, 2.75) is 40.5 Å². The zero-order chi connectivity index (χ0) is 11.7. The predicted octanol–water partition coefficient (Wildman–Crippen LogP) is 2.48. The van der Waals surface area contributed by atoms with E-state index in [1.54, 1.807) is 13.1 Å². The van der Waals surface area contributed by atoms with Gasteiger partial charge in [-0.15, -0.1) is 0 Å². The first-order valence-corrected chi connectivity index (χ1v) is 5.65. The van der Waals surface area contributed by atoms with Gasteiger partial charge in [-0.05, 0) is 19.3 Å². The molecular weight excluding hydrogens is 190 g/mol. The highest BCUT2D eigenvalue weighted by Crippen LogP contribution is 1.97. The Morgan fingerprint density at radius 2 is 2.13 bits per heavy atom. The van der Waals surface area contributed by atoms with Crippen LogP contribution in [-0.4, -0.2) is 19.1 Å². The maximum atomic E-state index is 11.4. The number of unbranched alkanes of at least 4 members (excludes halogenated alkanes) is 1. The number of esters is 1. The van der Waals surface area contributed by atoms with Crippen LogP contribution in [0.15, 0.2) is 11.8 Å². The molecular formula is C12H23NO2.